The zero-order valence-electron chi connectivity index (χ0n) is 10.7. The van der Waals surface area contributed by atoms with E-state index in [0.717, 1.165) is 19.6 Å². The van der Waals surface area contributed by atoms with Crippen molar-refractivity contribution in [3.8, 4) is 6.07 Å². The molecule has 0 bridgehead atoms. The molecule has 0 saturated carbocycles. The van der Waals surface area contributed by atoms with Gasteiger partial charge in [-0.3, -0.25) is 4.90 Å². The van der Waals surface area contributed by atoms with Crippen LogP contribution in [-0.4, -0.2) is 36.6 Å². The summed E-state index contributed by atoms with van der Waals surface area (Å²) >= 11 is 0. The first-order chi connectivity index (χ1) is 6.99. The molecule has 0 aliphatic carbocycles. The monoisotopic (exact) mass is 211 g/mol. The molecular formula is C12H25N3. The molecule has 1 unspecified atom stereocenters. The van der Waals surface area contributed by atoms with E-state index in [2.05, 4.69) is 44.0 Å². The van der Waals surface area contributed by atoms with E-state index >= 15 is 0 Å². The van der Waals surface area contributed by atoms with Crippen LogP contribution in [0.1, 0.15) is 34.6 Å². The molecule has 0 aliphatic heterocycles. The quantitative estimate of drug-likeness (QED) is 0.653. The third-order valence-corrected chi connectivity index (χ3v) is 2.54. The van der Waals surface area contributed by atoms with E-state index in [1.807, 2.05) is 6.92 Å². The summed E-state index contributed by atoms with van der Waals surface area (Å²) in [5.74, 6) is 0.108. The van der Waals surface area contributed by atoms with Gasteiger partial charge in [0.05, 0.1) is 12.0 Å². The standard InChI is InChI=1S/C12H25N3/c1-10(2)15(11(3)4)7-6-14-9-12(5)8-13/h10-12,14H,6-7,9H2,1-5H3. The van der Waals surface area contributed by atoms with Crippen molar-refractivity contribution in [3.63, 3.8) is 0 Å². The lowest BCUT2D eigenvalue weighted by Crippen LogP contribution is -2.41. The summed E-state index contributed by atoms with van der Waals surface area (Å²) in [5, 5.41) is 11.9. The molecule has 1 atom stereocenters. The molecule has 0 aliphatic rings. The highest BCUT2D eigenvalue weighted by atomic mass is 15.2. The third kappa shape index (κ3) is 6.48. The Morgan fingerprint density at radius 2 is 1.67 bits per heavy atom. The van der Waals surface area contributed by atoms with Gasteiger partial charge in [0.25, 0.3) is 0 Å². The second kappa shape index (κ2) is 7.67. The van der Waals surface area contributed by atoms with Gasteiger partial charge in [0, 0.05) is 31.7 Å². The summed E-state index contributed by atoms with van der Waals surface area (Å²) < 4.78 is 0. The fraction of sp³-hybridized carbons (Fsp3) is 0.917. The minimum Gasteiger partial charge on any atom is -0.314 e. The minimum atomic E-state index is 0.108. The van der Waals surface area contributed by atoms with E-state index in [0.29, 0.717) is 12.1 Å². The van der Waals surface area contributed by atoms with E-state index in [1.165, 1.54) is 0 Å². The fourth-order valence-electron chi connectivity index (χ4n) is 1.69. The zero-order valence-corrected chi connectivity index (χ0v) is 10.7. The molecule has 0 heterocycles. The van der Waals surface area contributed by atoms with Gasteiger partial charge in [-0.1, -0.05) is 0 Å². The number of hydrogen-bond acceptors (Lipinski definition) is 3. The predicted molar refractivity (Wildman–Crippen MR) is 64.6 cm³/mol. The average Bonchev–Trinajstić information content (AvgIpc) is 2.15. The van der Waals surface area contributed by atoms with Gasteiger partial charge >= 0.3 is 0 Å². The highest BCUT2D eigenvalue weighted by Gasteiger charge is 2.12. The van der Waals surface area contributed by atoms with Gasteiger partial charge in [-0.15, -0.1) is 0 Å². The highest BCUT2D eigenvalue weighted by molar-refractivity contribution is 4.80. The number of nitrogens with zero attached hydrogens (tertiary/aromatic N) is 2. The first-order valence-electron chi connectivity index (χ1n) is 5.85. The molecule has 3 nitrogen and oxygen atoms in total. The first kappa shape index (κ1) is 14.4. The van der Waals surface area contributed by atoms with E-state index < -0.39 is 0 Å². The van der Waals surface area contributed by atoms with Crippen molar-refractivity contribution in [2.24, 2.45) is 5.92 Å². The number of nitrogens with one attached hydrogen (secondary N) is 1. The molecule has 0 aromatic rings. The van der Waals surface area contributed by atoms with Crippen LogP contribution in [0, 0.1) is 17.2 Å². The Bertz CT molecular complexity index is 186. The van der Waals surface area contributed by atoms with Gasteiger partial charge in [0.2, 0.25) is 0 Å². The maximum Gasteiger partial charge on any atom is 0.0666 e. The predicted octanol–water partition coefficient (Wildman–Crippen LogP) is 1.85. The van der Waals surface area contributed by atoms with Crippen LogP contribution in [-0.2, 0) is 0 Å². The maximum atomic E-state index is 8.62. The molecule has 15 heavy (non-hydrogen) atoms. The van der Waals surface area contributed by atoms with Crippen molar-refractivity contribution < 1.29 is 0 Å². The summed E-state index contributed by atoms with van der Waals surface area (Å²) in [4.78, 5) is 2.45. The van der Waals surface area contributed by atoms with Gasteiger partial charge < -0.3 is 5.32 Å². The van der Waals surface area contributed by atoms with E-state index in [-0.39, 0.29) is 5.92 Å². The molecule has 0 radical (unpaired) electrons. The number of rotatable bonds is 7. The largest absolute Gasteiger partial charge is 0.314 e. The molecule has 0 spiro atoms. The Balaban J connectivity index is 3.69. The molecular weight excluding hydrogens is 186 g/mol. The van der Waals surface area contributed by atoms with Gasteiger partial charge in [0.15, 0.2) is 0 Å². The Morgan fingerprint density at radius 3 is 2.07 bits per heavy atom. The van der Waals surface area contributed by atoms with Crippen molar-refractivity contribution in [1.82, 2.24) is 10.2 Å². The van der Waals surface area contributed by atoms with Crippen LogP contribution < -0.4 is 5.32 Å². The Kier molecular flexibility index (Phi) is 7.37. The molecule has 0 aromatic carbocycles. The highest BCUT2D eigenvalue weighted by Crippen LogP contribution is 2.03. The van der Waals surface area contributed by atoms with Crippen LogP contribution in [0.5, 0.6) is 0 Å². The van der Waals surface area contributed by atoms with Crippen molar-refractivity contribution in [2.45, 2.75) is 46.7 Å². The summed E-state index contributed by atoms with van der Waals surface area (Å²) in [7, 11) is 0. The SMILES string of the molecule is CC(C#N)CNCCN(C(C)C)C(C)C. The number of hydrogen-bond donors (Lipinski definition) is 1. The molecule has 0 fully saturated rings. The Hall–Kier alpha value is -0.590. The first-order valence-corrected chi connectivity index (χ1v) is 5.85. The van der Waals surface area contributed by atoms with Crippen LogP contribution in [0.15, 0.2) is 0 Å². The fourth-order valence-corrected chi connectivity index (χ4v) is 1.69. The average molecular weight is 211 g/mol. The van der Waals surface area contributed by atoms with E-state index in [9.17, 15) is 0 Å². The molecule has 0 rings (SSSR count). The topological polar surface area (TPSA) is 39.1 Å². The lowest BCUT2D eigenvalue weighted by Gasteiger charge is -2.30. The van der Waals surface area contributed by atoms with Crippen molar-refractivity contribution in [2.75, 3.05) is 19.6 Å². The third-order valence-electron chi connectivity index (χ3n) is 2.54. The van der Waals surface area contributed by atoms with E-state index in [4.69, 9.17) is 5.26 Å². The Morgan fingerprint density at radius 1 is 1.13 bits per heavy atom. The minimum absolute atomic E-state index is 0.108. The second-order valence-corrected chi connectivity index (χ2v) is 4.66. The summed E-state index contributed by atoms with van der Waals surface area (Å²) in [6.07, 6.45) is 0. The second-order valence-electron chi connectivity index (χ2n) is 4.66. The normalized spacial score (nSPS) is 13.5. The molecule has 0 aromatic heterocycles. The summed E-state index contributed by atoms with van der Waals surface area (Å²) in [6, 6.07) is 3.39. The summed E-state index contributed by atoms with van der Waals surface area (Å²) in [5.41, 5.74) is 0. The molecule has 3 heteroatoms. The summed E-state index contributed by atoms with van der Waals surface area (Å²) in [6.45, 7) is 13.6. The number of nitriles is 1. The smallest absolute Gasteiger partial charge is 0.0666 e. The van der Waals surface area contributed by atoms with Gasteiger partial charge in [-0.2, -0.15) is 5.26 Å². The van der Waals surface area contributed by atoms with Crippen LogP contribution in [0.3, 0.4) is 0 Å². The van der Waals surface area contributed by atoms with Gasteiger partial charge in [-0.25, -0.2) is 0 Å². The van der Waals surface area contributed by atoms with Crippen molar-refractivity contribution in [3.05, 3.63) is 0 Å². The Labute approximate surface area is 94.5 Å². The van der Waals surface area contributed by atoms with E-state index in [1.54, 1.807) is 0 Å². The van der Waals surface area contributed by atoms with Gasteiger partial charge in [-0.05, 0) is 34.6 Å². The van der Waals surface area contributed by atoms with Crippen LogP contribution in [0.2, 0.25) is 0 Å². The molecule has 0 saturated heterocycles. The van der Waals surface area contributed by atoms with Crippen LogP contribution in [0.4, 0.5) is 0 Å². The van der Waals surface area contributed by atoms with Crippen LogP contribution >= 0.6 is 0 Å². The van der Waals surface area contributed by atoms with Gasteiger partial charge in [0.1, 0.15) is 0 Å². The maximum absolute atomic E-state index is 8.62. The van der Waals surface area contributed by atoms with Crippen molar-refractivity contribution in [1.29, 1.82) is 5.26 Å². The zero-order chi connectivity index (χ0) is 11.8. The van der Waals surface area contributed by atoms with Crippen LogP contribution in [0.25, 0.3) is 0 Å². The molecule has 0 amide bonds. The van der Waals surface area contributed by atoms with Crippen molar-refractivity contribution >= 4 is 0 Å². The molecule has 88 valence electrons. The lowest BCUT2D eigenvalue weighted by molar-refractivity contribution is 0.175. The lowest BCUT2D eigenvalue weighted by atomic mass is 10.2. The molecule has 1 N–H and O–H groups in total.